The SMILES string of the molecule is Cc1cc(C(=O)CSc2nnc(C3CC3)n2C)c(C)n1-c1cccc(F)c1. The minimum absolute atomic E-state index is 0.0340. The maximum absolute atomic E-state index is 13.6. The summed E-state index contributed by atoms with van der Waals surface area (Å²) in [4.78, 5) is 12.8. The maximum atomic E-state index is 13.6. The molecule has 4 rings (SSSR count). The Balaban J connectivity index is 1.53. The standard InChI is InChI=1S/C20H21FN4OS/c1-12-9-17(13(2)25(12)16-6-4-5-15(21)10-16)18(26)11-27-20-23-22-19(24(20)3)14-7-8-14/h4-6,9-10,14H,7-8,11H2,1-3H3. The van der Waals surface area contributed by atoms with Gasteiger partial charge in [-0.15, -0.1) is 10.2 Å². The predicted octanol–water partition coefficient (Wildman–Crippen LogP) is 4.21. The molecule has 5 nitrogen and oxygen atoms in total. The van der Waals surface area contributed by atoms with Crippen LogP contribution in [0.15, 0.2) is 35.5 Å². The highest BCUT2D eigenvalue weighted by molar-refractivity contribution is 7.99. The first-order valence-electron chi connectivity index (χ1n) is 8.96. The summed E-state index contributed by atoms with van der Waals surface area (Å²) < 4.78 is 17.5. The topological polar surface area (TPSA) is 52.7 Å². The summed E-state index contributed by atoms with van der Waals surface area (Å²) in [6.07, 6.45) is 2.34. The van der Waals surface area contributed by atoms with E-state index in [9.17, 15) is 9.18 Å². The molecule has 1 aliphatic rings. The van der Waals surface area contributed by atoms with Gasteiger partial charge in [0, 0.05) is 35.6 Å². The monoisotopic (exact) mass is 384 g/mol. The third-order valence-corrected chi connectivity index (χ3v) is 5.96. The first kappa shape index (κ1) is 18.0. The second-order valence-corrected chi connectivity index (χ2v) is 7.93. The number of carbonyl (C=O) groups excluding carboxylic acids is 1. The van der Waals surface area contributed by atoms with Crippen molar-refractivity contribution < 1.29 is 9.18 Å². The van der Waals surface area contributed by atoms with E-state index < -0.39 is 0 Å². The number of hydrogen-bond donors (Lipinski definition) is 0. The molecule has 0 unspecified atom stereocenters. The first-order valence-corrected chi connectivity index (χ1v) is 9.94. The lowest BCUT2D eigenvalue weighted by Crippen LogP contribution is -2.07. The van der Waals surface area contributed by atoms with Gasteiger partial charge < -0.3 is 9.13 Å². The quantitative estimate of drug-likeness (QED) is 0.472. The van der Waals surface area contributed by atoms with Crippen LogP contribution >= 0.6 is 11.8 Å². The number of hydrogen-bond acceptors (Lipinski definition) is 4. The Hall–Kier alpha value is -2.41. The van der Waals surface area contributed by atoms with Crippen molar-refractivity contribution in [2.75, 3.05) is 5.75 Å². The van der Waals surface area contributed by atoms with Gasteiger partial charge in [-0.2, -0.15) is 0 Å². The molecule has 3 aromatic rings. The molecule has 1 saturated carbocycles. The molecule has 0 bridgehead atoms. The molecule has 1 fully saturated rings. The molecule has 0 aliphatic heterocycles. The van der Waals surface area contributed by atoms with Crippen LogP contribution in [0.3, 0.4) is 0 Å². The lowest BCUT2D eigenvalue weighted by Gasteiger charge is -2.10. The van der Waals surface area contributed by atoms with E-state index in [-0.39, 0.29) is 11.6 Å². The van der Waals surface area contributed by atoms with Crippen LogP contribution in [0.25, 0.3) is 5.69 Å². The van der Waals surface area contributed by atoms with Gasteiger partial charge in [0.25, 0.3) is 0 Å². The van der Waals surface area contributed by atoms with Crippen LogP contribution in [0.1, 0.15) is 46.3 Å². The van der Waals surface area contributed by atoms with Crippen LogP contribution in [-0.4, -0.2) is 30.9 Å². The third-order valence-electron chi connectivity index (χ3n) is 4.94. The smallest absolute Gasteiger partial charge is 0.191 e. The fourth-order valence-corrected chi connectivity index (χ4v) is 4.22. The third kappa shape index (κ3) is 3.43. The van der Waals surface area contributed by atoms with Crippen molar-refractivity contribution in [2.24, 2.45) is 7.05 Å². The van der Waals surface area contributed by atoms with Crippen LogP contribution < -0.4 is 0 Å². The van der Waals surface area contributed by atoms with E-state index in [1.807, 2.05) is 42.2 Å². The van der Waals surface area contributed by atoms with Gasteiger partial charge in [0.2, 0.25) is 0 Å². The summed E-state index contributed by atoms with van der Waals surface area (Å²) in [6.45, 7) is 3.82. The summed E-state index contributed by atoms with van der Waals surface area (Å²) in [6, 6.07) is 8.27. The van der Waals surface area contributed by atoms with E-state index in [2.05, 4.69) is 10.2 Å². The molecule has 1 aliphatic carbocycles. The average Bonchev–Trinajstić information content (AvgIpc) is 3.34. The fraction of sp³-hybridized carbons (Fsp3) is 0.350. The number of aryl methyl sites for hydroxylation is 1. The number of thioether (sulfide) groups is 1. The molecule has 140 valence electrons. The van der Waals surface area contributed by atoms with Crippen LogP contribution in [0.4, 0.5) is 4.39 Å². The van der Waals surface area contributed by atoms with Crippen molar-refractivity contribution >= 4 is 17.5 Å². The normalized spacial score (nSPS) is 13.9. The molecule has 2 heterocycles. The summed E-state index contributed by atoms with van der Waals surface area (Å²) in [5.74, 6) is 1.57. The van der Waals surface area contributed by atoms with Gasteiger partial charge in [-0.3, -0.25) is 4.79 Å². The van der Waals surface area contributed by atoms with E-state index >= 15 is 0 Å². The number of nitrogens with zero attached hydrogens (tertiary/aromatic N) is 4. The summed E-state index contributed by atoms with van der Waals surface area (Å²) in [5, 5.41) is 9.24. The molecule has 27 heavy (non-hydrogen) atoms. The lowest BCUT2D eigenvalue weighted by molar-refractivity contribution is 0.102. The van der Waals surface area contributed by atoms with Gasteiger partial charge in [0.1, 0.15) is 11.6 Å². The van der Waals surface area contributed by atoms with Crippen molar-refractivity contribution in [3.05, 3.63) is 58.9 Å². The van der Waals surface area contributed by atoms with E-state index in [4.69, 9.17) is 0 Å². The van der Waals surface area contributed by atoms with Crippen LogP contribution in [0.2, 0.25) is 0 Å². The first-order chi connectivity index (χ1) is 13.0. The summed E-state index contributed by atoms with van der Waals surface area (Å²) in [5.41, 5.74) is 3.11. The number of halogens is 1. The number of Topliss-reactive ketones (excluding diaryl/α,β-unsaturated/α-hetero) is 1. The van der Waals surface area contributed by atoms with Gasteiger partial charge in [-0.25, -0.2) is 4.39 Å². The molecule has 0 radical (unpaired) electrons. The van der Waals surface area contributed by atoms with Crippen molar-refractivity contribution in [1.82, 2.24) is 19.3 Å². The summed E-state index contributed by atoms with van der Waals surface area (Å²) >= 11 is 1.41. The number of aromatic nitrogens is 4. The number of carbonyl (C=O) groups is 1. The molecule has 1 aromatic carbocycles. The van der Waals surface area contributed by atoms with Crippen molar-refractivity contribution in [3.8, 4) is 5.69 Å². The molecule has 0 saturated heterocycles. The highest BCUT2D eigenvalue weighted by Gasteiger charge is 2.29. The Bertz CT molecular complexity index is 1020. The molecule has 0 atom stereocenters. The molecule has 0 N–H and O–H groups in total. The lowest BCUT2D eigenvalue weighted by atomic mass is 10.2. The molecule has 0 amide bonds. The highest BCUT2D eigenvalue weighted by atomic mass is 32.2. The molecule has 7 heteroatoms. The minimum atomic E-state index is -0.294. The molecular formula is C20H21FN4OS. The Morgan fingerprint density at radius 3 is 2.74 bits per heavy atom. The number of ketones is 1. The van der Waals surface area contributed by atoms with Gasteiger partial charge >= 0.3 is 0 Å². The van der Waals surface area contributed by atoms with Crippen molar-refractivity contribution in [1.29, 1.82) is 0 Å². The Morgan fingerprint density at radius 1 is 1.26 bits per heavy atom. The van der Waals surface area contributed by atoms with E-state index in [1.165, 1.54) is 36.7 Å². The number of benzene rings is 1. The Labute approximate surface area is 161 Å². The zero-order valence-corrected chi connectivity index (χ0v) is 16.4. The van der Waals surface area contributed by atoms with Crippen LogP contribution in [0, 0.1) is 19.7 Å². The molecular weight excluding hydrogens is 363 g/mol. The van der Waals surface area contributed by atoms with Gasteiger partial charge in [-0.05, 0) is 51.0 Å². The minimum Gasteiger partial charge on any atom is -0.318 e. The molecule has 2 aromatic heterocycles. The predicted molar refractivity (Wildman–Crippen MR) is 103 cm³/mol. The zero-order chi connectivity index (χ0) is 19.1. The van der Waals surface area contributed by atoms with E-state index in [0.717, 1.165) is 28.1 Å². The highest BCUT2D eigenvalue weighted by Crippen LogP contribution is 2.39. The maximum Gasteiger partial charge on any atom is 0.191 e. The van der Waals surface area contributed by atoms with E-state index in [0.29, 0.717) is 17.2 Å². The zero-order valence-electron chi connectivity index (χ0n) is 15.6. The Morgan fingerprint density at radius 2 is 2.04 bits per heavy atom. The van der Waals surface area contributed by atoms with Crippen LogP contribution in [-0.2, 0) is 7.05 Å². The summed E-state index contributed by atoms with van der Waals surface area (Å²) in [7, 11) is 1.95. The van der Waals surface area contributed by atoms with E-state index in [1.54, 1.807) is 6.07 Å². The van der Waals surface area contributed by atoms with Crippen LogP contribution in [0.5, 0.6) is 0 Å². The van der Waals surface area contributed by atoms with Gasteiger partial charge in [0.05, 0.1) is 5.75 Å². The van der Waals surface area contributed by atoms with Gasteiger partial charge in [0.15, 0.2) is 10.9 Å². The number of rotatable bonds is 6. The van der Waals surface area contributed by atoms with Crippen molar-refractivity contribution in [3.63, 3.8) is 0 Å². The Kier molecular flexibility index (Phi) is 4.63. The second kappa shape index (κ2) is 6.96. The van der Waals surface area contributed by atoms with Crippen molar-refractivity contribution in [2.45, 2.75) is 37.8 Å². The largest absolute Gasteiger partial charge is 0.318 e. The second-order valence-electron chi connectivity index (χ2n) is 6.99. The van der Waals surface area contributed by atoms with Gasteiger partial charge in [-0.1, -0.05) is 17.8 Å². The average molecular weight is 384 g/mol. The molecule has 0 spiro atoms. The fourth-order valence-electron chi connectivity index (χ4n) is 3.41.